The van der Waals surface area contributed by atoms with Crippen LogP contribution in [-0.4, -0.2) is 20.4 Å². The number of nitrogens with one attached hydrogen (secondary N) is 2. The Morgan fingerprint density at radius 2 is 2.17 bits per heavy atom. The quantitative estimate of drug-likeness (QED) is 0.317. The van der Waals surface area contributed by atoms with Crippen LogP contribution >= 0.6 is 34.9 Å². The molecule has 3 aromatic heterocycles. The monoisotopic (exact) mass is 454 g/mol. The lowest BCUT2D eigenvalue weighted by Gasteiger charge is -2.07. The van der Waals surface area contributed by atoms with Crippen molar-refractivity contribution >= 4 is 56.8 Å². The zero-order valence-electron chi connectivity index (χ0n) is 16.3. The molecule has 0 saturated carbocycles. The minimum atomic E-state index is -0.300. The number of H-pyrrole nitrogens is 1. The van der Waals surface area contributed by atoms with Crippen molar-refractivity contribution in [1.82, 2.24) is 14.5 Å². The number of fused-ring (bicyclic) bond motifs is 1. The molecule has 0 aliphatic rings. The zero-order chi connectivity index (χ0) is 21.4. The summed E-state index contributed by atoms with van der Waals surface area (Å²) < 4.78 is 1.71. The van der Waals surface area contributed by atoms with Crippen LogP contribution in [0.4, 0.5) is 5.13 Å². The number of aromatic amines is 1. The van der Waals surface area contributed by atoms with Crippen LogP contribution in [0.2, 0.25) is 0 Å². The summed E-state index contributed by atoms with van der Waals surface area (Å²) in [4.78, 5) is 35.3. The van der Waals surface area contributed by atoms with Gasteiger partial charge in [0.05, 0.1) is 16.6 Å². The van der Waals surface area contributed by atoms with Crippen molar-refractivity contribution < 1.29 is 4.79 Å². The van der Waals surface area contributed by atoms with E-state index >= 15 is 0 Å². The number of carbonyl (C=O) groups excluding carboxylic acids is 1. The fourth-order valence-electron chi connectivity index (χ4n) is 3.20. The molecule has 0 aliphatic carbocycles. The van der Waals surface area contributed by atoms with E-state index in [1.165, 1.54) is 25.7 Å². The molecule has 2 N–H and O–H groups in total. The second-order valence-electron chi connectivity index (χ2n) is 6.71. The van der Waals surface area contributed by atoms with Gasteiger partial charge in [-0.3, -0.25) is 19.5 Å². The molecule has 0 spiro atoms. The predicted octanol–water partition coefficient (Wildman–Crippen LogP) is 5.30. The van der Waals surface area contributed by atoms with Crippen molar-refractivity contribution in [2.75, 3.05) is 5.32 Å². The van der Waals surface area contributed by atoms with Crippen LogP contribution in [0.15, 0.2) is 47.1 Å². The summed E-state index contributed by atoms with van der Waals surface area (Å²) >= 11 is 8.36. The lowest BCUT2D eigenvalue weighted by Crippen LogP contribution is -2.22. The standard InChI is InChI=1S/C21H18N4O2S3/c1-4-7-25-19(27)14-6-5-13(9-16(14)23-21(25)28)18(26)24-20-22-17(10-29-20)15-8-11(2)30-12(15)3/h4-6,8-10H,1,7H2,2-3H3,(H,23,28)(H,22,24,26). The number of thiazole rings is 1. The van der Waals surface area contributed by atoms with Crippen molar-refractivity contribution in [2.45, 2.75) is 20.4 Å². The fourth-order valence-corrected chi connectivity index (χ4v) is 5.11. The van der Waals surface area contributed by atoms with Gasteiger partial charge in [0.25, 0.3) is 11.5 Å². The summed E-state index contributed by atoms with van der Waals surface area (Å²) in [6.07, 6.45) is 1.61. The molecule has 0 saturated heterocycles. The van der Waals surface area contributed by atoms with Gasteiger partial charge in [-0.15, -0.1) is 29.3 Å². The number of aryl methyl sites for hydroxylation is 2. The van der Waals surface area contributed by atoms with Crippen LogP contribution in [0.5, 0.6) is 0 Å². The lowest BCUT2D eigenvalue weighted by atomic mass is 10.1. The van der Waals surface area contributed by atoms with E-state index in [0.717, 1.165) is 11.3 Å². The van der Waals surface area contributed by atoms with Crippen molar-refractivity contribution in [3.63, 3.8) is 0 Å². The van der Waals surface area contributed by atoms with Crippen LogP contribution < -0.4 is 10.9 Å². The van der Waals surface area contributed by atoms with Crippen LogP contribution in [0.3, 0.4) is 0 Å². The molecule has 1 aromatic carbocycles. The third-order valence-electron chi connectivity index (χ3n) is 4.60. The number of rotatable bonds is 5. The summed E-state index contributed by atoms with van der Waals surface area (Å²) in [5, 5.41) is 5.75. The van der Waals surface area contributed by atoms with Gasteiger partial charge in [0, 0.05) is 32.8 Å². The molecule has 0 fully saturated rings. The number of amides is 1. The normalized spacial score (nSPS) is 11.0. The second kappa shape index (κ2) is 8.10. The number of nitrogens with zero attached hydrogens (tertiary/aromatic N) is 2. The first-order chi connectivity index (χ1) is 14.4. The van der Waals surface area contributed by atoms with E-state index in [0.29, 0.717) is 28.1 Å². The number of aromatic nitrogens is 3. The number of hydrogen-bond acceptors (Lipinski definition) is 6. The largest absolute Gasteiger partial charge is 0.332 e. The maximum Gasteiger partial charge on any atom is 0.262 e. The maximum atomic E-state index is 12.7. The average Bonchev–Trinajstić information content (AvgIpc) is 3.30. The van der Waals surface area contributed by atoms with E-state index < -0.39 is 0 Å². The summed E-state index contributed by atoms with van der Waals surface area (Å²) in [5.74, 6) is -0.300. The van der Waals surface area contributed by atoms with Crippen molar-refractivity contribution in [2.24, 2.45) is 0 Å². The van der Waals surface area contributed by atoms with Gasteiger partial charge in [0.2, 0.25) is 0 Å². The average molecular weight is 455 g/mol. The number of anilines is 1. The molecule has 4 aromatic rings. The Morgan fingerprint density at radius 3 is 2.87 bits per heavy atom. The van der Waals surface area contributed by atoms with Crippen LogP contribution in [0.25, 0.3) is 22.2 Å². The molecule has 0 atom stereocenters. The third kappa shape index (κ3) is 3.79. The van der Waals surface area contributed by atoms with Gasteiger partial charge in [-0.05, 0) is 50.3 Å². The van der Waals surface area contributed by atoms with Gasteiger partial charge in [0.1, 0.15) is 0 Å². The molecule has 0 bridgehead atoms. The summed E-state index contributed by atoms with van der Waals surface area (Å²) in [5.41, 5.74) is 2.65. The van der Waals surface area contributed by atoms with Crippen LogP contribution in [-0.2, 0) is 6.54 Å². The molecule has 0 radical (unpaired) electrons. The Labute approximate surface area is 185 Å². The molecule has 9 heteroatoms. The molecule has 6 nitrogen and oxygen atoms in total. The minimum Gasteiger partial charge on any atom is -0.332 e. The van der Waals surface area contributed by atoms with Gasteiger partial charge in [-0.1, -0.05) is 6.08 Å². The van der Waals surface area contributed by atoms with Crippen molar-refractivity contribution in [1.29, 1.82) is 0 Å². The Balaban J connectivity index is 1.62. The summed E-state index contributed by atoms with van der Waals surface area (Å²) in [7, 11) is 0. The summed E-state index contributed by atoms with van der Waals surface area (Å²) in [6, 6.07) is 6.98. The molecular formula is C21H18N4O2S3. The number of carbonyl (C=O) groups is 1. The minimum absolute atomic E-state index is 0.216. The number of thiophene rings is 1. The SMILES string of the molecule is C=CCn1c(=S)[nH]c2cc(C(=O)Nc3nc(-c4cc(C)sc4C)cs3)ccc2c1=O. The number of benzene rings is 1. The number of hydrogen-bond donors (Lipinski definition) is 2. The molecule has 0 unspecified atom stereocenters. The fraction of sp³-hybridized carbons (Fsp3) is 0.143. The zero-order valence-corrected chi connectivity index (χ0v) is 18.8. The smallest absolute Gasteiger partial charge is 0.262 e. The van der Waals surface area contributed by atoms with Gasteiger partial charge in [-0.2, -0.15) is 0 Å². The van der Waals surface area contributed by atoms with Gasteiger partial charge in [-0.25, -0.2) is 4.98 Å². The molecule has 3 heterocycles. The van der Waals surface area contributed by atoms with Crippen LogP contribution in [0.1, 0.15) is 20.1 Å². The molecule has 0 aliphatic heterocycles. The molecule has 1 amide bonds. The van der Waals surface area contributed by atoms with E-state index in [2.05, 4.69) is 41.8 Å². The lowest BCUT2D eigenvalue weighted by molar-refractivity contribution is 0.102. The Morgan fingerprint density at radius 1 is 1.37 bits per heavy atom. The van der Waals surface area contributed by atoms with Gasteiger partial charge >= 0.3 is 0 Å². The number of allylic oxidation sites excluding steroid dienone is 1. The highest BCUT2D eigenvalue weighted by molar-refractivity contribution is 7.71. The Hall–Kier alpha value is -2.88. The Kier molecular flexibility index (Phi) is 5.50. The topological polar surface area (TPSA) is 79.8 Å². The third-order valence-corrected chi connectivity index (χ3v) is 6.64. The van der Waals surface area contributed by atoms with Gasteiger partial charge < -0.3 is 4.98 Å². The van der Waals surface area contributed by atoms with Crippen molar-refractivity contribution in [3.8, 4) is 11.3 Å². The van der Waals surface area contributed by atoms with Crippen molar-refractivity contribution in [3.05, 3.63) is 72.7 Å². The highest BCUT2D eigenvalue weighted by Crippen LogP contribution is 2.32. The molecule has 30 heavy (non-hydrogen) atoms. The first kappa shape index (κ1) is 20.4. The first-order valence-electron chi connectivity index (χ1n) is 9.09. The van der Waals surface area contributed by atoms with E-state index in [9.17, 15) is 9.59 Å². The molecule has 4 rings (SSSR count). The van der Waals surface area contributed by atoms with E-state index in [-0.39, 0.29) is 16.2 Å². The summed E-state index contributed by atoms with van der Waals surface area (Å²) in [6.45, 7) is 8.09. The highest BCUT2D eigenvalue weighted by atomic mass is 32.1. The van der Waals surface area contributed by atoms with E-state index in [4.69, 9.17) is 12.2 Å². The van der Waals surface area contributed by atoms with E-state index in [1.807, 2.05) is 5.38 Å². The molecular weight excluding hydrogens is 436 g/mol. The van der Waals surface area contributed by atoms with E-state index in [1.54, 1.807) is 35.6 Å². The first-order valence-corrected chi connectivity index (χ1v) is 11.2. The predicted molar refractivity (Wildman–Crippen MR) is 126 cm³/mol. The van der Waals surface area contributed by atoms with Gasteiger partial charge in [0.15, 0.2) is 9.90 Å². The Bertz CT molecular complexity index is 1410. The molecule has 152 valence electrons. The maximum absolute atomic E-state index is 12.7. The second-order valence-corrected chi connectivity index (χ2v) is 9.42. The highest BCUT2D eigenvalue weighted by Gasteiger charge is 2.14. The van der Waals surface area contributed by atoms with Crippen LogP contribution in [0, 0.1) is 18.6 Å².